The Kier molecular flexibility index (Phi) is 3.89. The van der Waals surface area contributed by atoms with E-state index in [1.807, 2.05) is 73.1 Å². The largest absolute Gasteiger partial charge is 0.493 e. The van der Waals surface area contributed by atoms with Crippen LogP contribution in [0.15, 0.2) is 89.8 Å². The number of H-pyrrole nitrogens is 1. The molecule has 0 saturated heterocycles. The summed E-state index contributed by atoms with van der Waals surface area (Å²) < 4.78 is 7.17. The van der Waals surface area contributed by atoms with Crippen LogP contribution in [0.1, 0.15) is 11.5 Å². The molecule has 0 bridgehead atoms. The van der Waals surface area contributed by atoms with Crippen LogP contribution in [-0.4, -0.2) is 24.5 Å². The van der Waals surface area contributed by atoms with Gasteiger partial charge in [-0.15, -0.1) is 0 Å². The topological polar surface area (TPSA) is 79.3 Å². The number of aromatic nitrogens is 4. The number of rotatable bonds is 4. The SMILES string of the molecule is Oc1c(Cc2ccco2)nc2c(-c3ccc4[nH]ccc4c3)nc(-c3ccccc3)cn12. The van der Waals surface area contributed by atoms with Gasteiger partial charge in [-0.25, -0.2) is 9.97 Å². The van der Waals surface area contributed by atoms with Gasteiger partial charge in [0.05, 0.1) is 18.4 Å². The highest BCUT2D eigenvalue weighted by atomic mass is 16.3. The van der Waals surface area contributed by atoms with Crippen LogP contribution in [0, 0.1) is 0 Å². The summed E-state index contributed by atoms with van der Waals surface area (Å²) in [5.74, 6) is 0.834. The Hall–Kier alpha value is -4.32. The van der Waals surface area contributed by atoms with Crippen molar-refractivity contribution in [2.24, 2.45) is 0 Å². The van der Waals surface area contributed by atoms with Gasteiger partial charge >= 0.3 is 0 Å². The van der Waals surface area contributed by atoms with Crippen LogP contribution in [0.3, 0.4) is 0 Å². The van der Waals surface area contributed by atoms with Crippen molar-refractivity contribution in [2.45, 2.75) is 6.42 Å². The Morgan fingerprint density at radius 1 is 0.935 bits per heavy atom. The van der Waals surface area contributed by atoms with E-state index in [-0.39, 0.29) is 5.88 Å². The molecule has 0 aliphatic heterocycles. The van der Waals surface area contributed by atoms with Gasteiger partial charge in [0.25, 0.3) is 0 Å². The van der Waals surface area contributed by atoms with Gasteiger partial charge in [0, 0.05) is 34.4 Å². The zero-order chi connectivity index (χ0) is 20.8. The minimum Gasteiger partial charge on any atom is -0.493 e. The van der Waals surface area contributed by atoms with E-state index in [0.29, 0.717) is 23.5 Å². The predicted octanol–water partition coefficient (Wildman–Crippen LogP) is 5.43. The Labute approximate surface area is 177 Å². The number of hydrogen-bond donors (Lipinski definition) is 2. The van der Waals surface area contributed by atoms with E-state index in [2.05, 4.69) is 11.1 Å². The quantitative estimate of drug-likeness (QED) is 0.409. The van der Waals surface area contributed by atoms with Crippen molar-refractivity contribution in [3.05, 3.63) is 96.8 Å². The van der Waals surface area contributed by atoms with Crippen LogP contribution in [-0.2, 0) is 6.42 Å². The molecule has 6 rings (SSSR count). The molecule has 0 unspecified atom stereocenters. The summed E-state index contributed by atoms with van der Waals surface area (Å²) >= 11 is 0. The van der Waals surface area contributed by atoms with Crippen LogP contribution in [0.25, 0.3) is 39.1 Å². The van der Waals surface area contributed by atoms with Crippen molar-refractivity contribution in [3.8, 4) is 28.4 Å². The molecule has 4 aromatic heterocycles. The van der Waals surface area contributed by atoms with Crippen molar-refractivity contribution in [3.63, 3.8) is 0 Å². The van der Waals surface area contributed by atoms with E-state index in [4.69, 9.17) is 14.4 Å². The summed E-state index contributed by atoms with van der Waals surface area (Å²) in [5, 5.41) is 12.1. The molecule has 0 aliphatic rings. The average molecular weight is 406 g/mol. The summed E-state index contributed by atoms with van der Waals surface area (Å²) in [6.07, 6.45) is 5.77. The summed E-state index contributed by atoms with van der Waals surface area (Å²) in [6, 6.07) is 21.8. The number of hydrogen-bond acceptors (Lipinski definition) is 4. The summed E-state index contributed by atoms with van der Waals surface area (Å²) in [6.45, 7) is 0. The number of benzene rings is 2. The molecule has 2 N–H and O–H groups in total. The molecule has 2 aromatic carbocycles. The number of furan rings is 1. The zero-order valence-electron chi connectivity index (χ0n) is 16.5. The first-order valence-electron chi connectivity index (χ1n) is 10.0. The van der Waals surface area contributed by atoms with Gasteiger partial charge in [-0.3, -0.25) is 4.40 Å². The second kappa shape index (κ2) is 6.88. The Balaban J connectivity index is 1.60. The third-order valence-corrected chi connectivity index (χ3v) is 5.47. The third kappa shape index (κ3) is 2.97. The van der Waals surface area contributed by atoms with Crippen molar-refractivity contribution in [1.82, 2.24) is 19.4 Å². The van der Waals surface area contributed by atoms with E-state index in [0.717, 1.165) is 33.5 Å². The fourth-order valence-electron chi connectivity index (χ4n) is 3.92. The lowest BCUT2D eigenvalue weighted by Gasteiger charge is -2.08. The first-order valence-corrected chi connectivity index (χ1v) is 10.0. The van der Waals surface area contributed by atoms with E-state index >= 15 is 0 Å². The van der Waals surface area contributed by atoms with Crippen LogP contribution >= 0.6 is 0 Å². The number of nitrogens with one attached hydrogen (secondary N) is 1. The van der Waals surface area contributed by atoms with Gasteiger partial charge in [-0.2, -0.15) is 0 Å². The van der Waals surface area contributed by atoms with Gasteiger partial charge in [-0.05, 0) is 30.3 Å². The summed E-state index contributed by atoms with van der Waals surface area (Å²) in [4.78, 5) is 12.9. The monoisotopic (exact) mass is 406 g/mol. The lowest BCUT2D eigenvalue weighted by Crippen LogP contribution is -1.96. The molecule has 150 valence electrons. The molecular weight excluding hydrogens is 388 g/mol. The van der Waals surface area contributed by atoms with Crippen LogP contribution in [0.2, 0.25) is 0 Å². The smallest absolute Gasteiger partial charge is 0.219 e. The highest BCUT2D eigenvalue weighted by molar-refractivity contribution is 5.87. The van der Waals surface area contributed by atoms with Crippen LogP contribution < -0.4 is 0 Å². The molecule has 0 amide bonds. The number of aromatic hydroxyl groups is 1. The highest BCUT2D eigenvalue weighted by Gasteiger charge is 2.19. The fourth-order valence-corrected chi connectivity index (χ4v) is 3.92. The van der Waals surface area contributed by atoms with Gasteiger partial charge < -0.3 is 14.5 Å². The van der Waals surface area contributed by atoms with Gasteiger partial charge in [0.15, 0.2) is 5.65 Å². The molecule has 4 heterocycles. The van der Waals surface area contributed by atoms with E-state index in [1.54, 1.807) is 10.7 Å². The molecule has 6 heteroatoms. The highest BCUT2D eigenvalue weighted by Crippen LogP contribution is 2.32. The van der Waals surface area contributed by atoms with E-state index in [9.17, 15) is 5.11 Å². The number of aromatic amines is 1. The Bertz CT molecular complexity index is 1510. The van der Waals surface area contributed by atoms with Crippen molar-refractivity contribution in [2.75, 3.05) is 0 Å². The lowest BCUT2D eigenvalue weighted by atomic mass is 10.1. The normalized spacial score (nSPS) is 11.5. The second-order valence-corrected chi connectivity index (χ2v) is 7.45. The first kappa shape index (κ1) is 17.5. The molecule has 0 atom stereocenters. The van der Waals surface area contributed by atoms with Gasteiger partial charge in [0.2, 0.25) is 5.88 Å². The van der Waals surface area contributed by atoms with E-state index in [1.165, 1.54) is 0 Å². The average Bonchev–Trinajstić information content (AvgIpc) is 3.55. The summed E-state index contributed by atoms with van der Waals surface area (Å²) in [5.41, 5.74) is 5.58. The summed E-state index contributed by atoms with van der Waals surface area (Å²) in [7, 11) is 0. The first-order chi connectivity index (χ1) is 15.3. The standard InChI is InChI=1S/C25H18N4O2/c30-25-21(14-19-7-4-12-31-19)28-24-23(18-8-9-20-17(13-18)10-11-26-20)27-22(15-29(24)25)16-5-2-1-3-6-16/h1-13,15,26,30H,14H2. The van der Waals surface area contributed by atoms with Gasteiger partial charge in [0.1, 0.15) is 17.1 Å². The Morgan fingerprint density at radius 3 is 2.68 bits per heavy atom. The predicted molar refractivity (Wildman–Crippen MR) is 119 cm³/mol. The fraction of sp³-hybridized carbons (Fsp3) is 0.0400. The molecule has 0 spiro atoms. The number of imidazole rings is 1. The number of nitrogens with zero attached hydrogens (tertiary/aromatic N) is 3. The minimum atomic E-state index is 0.0925. The van der Waals surface area contributed by atoms with Crippen LogP contribution in [0.4, 0.5) is 0 Å². The molecule has 6 aromatic rings. The maximum absolute atomic E-state index is 11.0. The molecule has 31 heavy (non-hydrogen) atoms. The number of fused-ring (bicyclic) bond motifs is 2. The van der Waals surface area contributed by atoms with Crippen molar-refractivity contribution in [1.29, 1.82) is 0 Å². The molecular formula is C25H18N4O2. The molecule has 0 saturated carbocycles. The minimum absolute atomic E-state index is 0.0925. The van der Waals surface area contributed by atoms with Crippen molar-refractivity contribution < 1.29 is 9.52 Å². The molecule has 0 radical (unpaired) electrons. The molecule has 0 fully saturated rings. The second-order valence-electron chi connectivity index (χ2n) is 7.45. The lowest BCUT2D eigenvalue weighted by molar-refractivity contribution is 0.438. The zero-order valence-corrected chi connectivity index (χ0v) is 16.5. The van der Waals surface area contributed by atoms with Crippen molar-refractivity contribution >= 4 is 16.6 Å². The third-order valence-electron chi connectivity index (χ3n) is 5.47. The van der Waals surface area contributed by atoms with Crippen LogP contribution in [0.5, 0.6) is 5.88 Å². The van der Waals surface area contributed by atoms with E-state index < -0.39 is 0 Å². The maximum atomic E-state index is 11.0. The van der Waals surface area contributed by atoms with Gasteiger partial charge in [-0.1, -0.05) is 36.4 Å². The molecule has 6 nitrogen and oxygen atoms in total. The molecule has 0 aliphatic carbocycles. The maximum Gasteiger partial charge on any atom is 0.219 e. The Morgan fingerprint density at radius 2 is 1.84 bits per heavy atom.